The highest BCUT2D eigenvalue weighted by atomic mass is 31.2. The average molecular weight is 260 g/mol. The average Bonchev–Trinajstić information content (AvgIpc) is 2.19. The molecule has 1 amide bonds. The minimum atomic E-state index is -4.14. The van der Waals surface area contributed by atoms with Gasteiger partial charge < -0.3 is 20.2 Å². The van der Waals surface area contributed by atoms with Crippen LogP contribution in [-0.2, 0) is 9.36 Å². The van der Waals surface area contributed by atoms with E-state index in [0.717, 1.165) is 0 Å². The van der Waals surface area contributed by atoms with Crippen LogP contribution in [0.25, 0.3) is 0 Å². The lowest BCUT2D eigenvalue weighted by atomic mass is 10.3. The molecule has 5 N–H and O–H groups in total. The van der Waals surface area contributed by atoms with Crippen LogP contribution in [0, 0.1) is 0 Å². The summed E-state index contributed by atoms with van der Waals surface area (Å²) < 4.78 is 10.5. The molecule has 1 aromatic carbocycles. The number of benzene rings is 1. The Kier molecular flexibility index (Phi) is 4.65. The van der Waals surface area contributed by atoms with Gasteiger partial charge in [0.15, 0.2) is 0 Å². The largest absolute Gasteiger partial charge is 0.508 e. The first-order chi connectivity index (χ1) is 7.87. The second-order valence-corrected chi connectivity index (χ2v) is 4.99. The highest BCUT2D eigenvalue weighted by molar-refractivity contribution is 7.51. The fraction of sp³-hybridized carbons (Fsp3) is 0.222. The molecule has 0 aliphatic rings. The van der Waals surface area contributed by atoms with Gasteiger partial charge in [-0.3, -0.25) is 14.7 Å². The molecule has 0 unspecified atom stereocenters. The molecule has 8 heteroatoms. The maximum absolute atomic E-state index is 11.3. The number of hydrogen-bond donors (Lipinski definition) is 5. The lowest BCUT2D eigenvalue weighted by molar-refractivity contribution is -0.115. The molecule has 0 bridgehead atoms. The quantitative estimate of drug-likeness (QED) is 0.377. The number of aromatic hydroxyl groups is 1. The van der Waals surface area contributed by atoms with Crippen LogP contribution in [0.15, 0.2) is 24.3 Å². The van der Waals surface area contributed by atoms with Crippen molar-refractivity contribution in [3.8, 4) is 5.75 Å². The van der Waals surface area contributed by atoms with Crippen molar-refractivity contribution < 1.29 is 24.3 Å². The molecule has 1 rings (SSSR count). The van der Waals surface area contributed by atoms with Crippen LogP contribution in [0.1, 0.15) is 0 Å². The number of amides is 1. The fourth-order valence-corrected chi connectivity index (χ4v) is 1.47. The summed E-state index contributed by atoms with van der Waals surface area (Å²) in [5.41, 5.74) is 0.491. The van der Waals surface area contributed by atoms with Crippen molar-refractivity contribution in [2.45, 2.75) is 0 Å². The first-order valence-corrected chi connectivity index (χ1v) is 6.51. The Morgan fingerprint density at radius 1 is 1.24 bits per heavy atom. The molecule has 7 nitrogen and oxygen atoms in total. The number of nitrogens with one attached hydrogen (secondary N) is 2. The summed E-state index contributed by atoms with van der Waals surface area (Å²) in [5.74, 6) is -0.341. The smallest absolute Gasteiger partial charge is 0.339 e. The molecule has 17 heavy (non-hydrogen) atoms. The third-order valence-corrected chi connectivity index (χ3v) is 2.39. The Morgan fingerprint density at radius 2 is 1.82 bits per heavy atom. The molecular weight excluding hydrogens is 247 g/mol. The van der Waals surface area contributed by atoms with Gasteiger partial charge in [-0.1, -0.05) is 0 Å². The Balaban J connectivity index is 2.35. The van der Waals surface area contributed by atoms with E-state index in [1.54, 1.807) is 0 Å². The molecule has 0 aliphatic heterocycles. The zero-order valence-electron chi connectivity index (χ0n) is 8.83. The molecule has 94 valence electrons. The third kappa shape index (κ3) is 6.03. The Hall–Kier alpha value is -1.40. The molecule has 0 fully saturated rings. The SMILES string of the molecule is O=C(CNCP(=O)(O)O)Nc1ccc(O)cc1. The zero-order chi connectivity index (χ0) is 12.9. The summed E-state index contributed by atoms with van der Waals surface area (Å²) in [6.07, 6.45) is -0.546. The zero-order valence-corrected chi connectivity index (χ0v) is 9.72. The van der Waals surface area contributed by atoms with Crippen LogP contribution in [0.5, 0.6) is 5.75 Å². The summed E-state index contributed by atoms with van der Waals surface area (Å²) in [4.78, 5) is 28.4. The molecular formula is C9H13N2O5P. The Morgan fingerprint density at radius 3 is 2.35 bits per heavy atom. The molecule has 0 aliphatic carbocycles. The molecule has 0 saturated carbocycles. The van der Waals surface area contributed by atoms with Gasteiger partial charge >= 0.3 is 7.60 Å². The van der Waals surface area contributed by atoms with E-state index in [9.17, 15) is 9.36 Å². The fourth-order valence-electron chi connectivity index (χ4n) is 1.07. The maximum Gasteiger partial charge on any atom is 0.339 e. The van der Waals surface area contributed by atoms with Crippen molar-refractivity contribution in [1.29, 1.82) is 0 Å². The summed E-state index contributed by atoms with van der Waals surface area (Å²) in [6.45, 7) is -0.202. The van der Waals surface area contributed by atoms with Gasteiger partial charge in [-0.2, -0.15) is 0 Å². The van der Waals surface area contributed by atoms with Crippen LogP contribution in [0.3, 0.4) is 0 Å². The predicted octanol–water partition coefficient (Wildman–Crippen LogP) is 0.0555. The van der Waals surface area contributed by atoms with E-state index < -0.39 is 19.8 Å². The maximum atomic E-state index is 11.3. The van der Waals surface area contributed by atoms with Crippen LogP contribution in [0.4, 0.5) is 5.69 Å². The van der Waals surface area contributed by atoms with Crippen LogP contribution < -0.4 is 10.6 Å². The number of phenols is 1. The Bertz CT molecular complexity index is 428. The number of carbonyl (C=O) groups is 1. The van der Waals surface area contributed by atoms with Gasteiger partial charge in [0.25, 0.3) is 0 Å². The molecule has 0 aromatic heterocycles. The van der Waals surface area contributed by atoms with Crippen LogP contribution in [0.2, 0.25) is 0 Å². The number of hydrogen-bond acceptors (Lipinski definition) is 4. The van der Waals surface area contributed by atoms with E-state index in [2.05, 4.69) is 10.6 Å². The highest BCUT2D eigenvalue weighted by Crippen LogP contribution is 2.31. The van der Waals surface area contributed by atoms with E-state index >= 15 is 0 Å². The van der Waals surface area contributed by atoms with Gasteiger partial charge in [0.05, 0.1) is 12.8 Å². The number of rotatable bonds is 5. The third-order valence-electron chi connectivity index (χ3n) is 1.75. The molecule has 0 saturated heterocycles. The second kappa shape index (κ2) is 5.79. The van der Waals surface area contributed by atoms with Gasteiger partial charge in [0, 0.05) is 5.69 Å². The van der Waals surface area contributed by atoms with E-state index in [4.69, 9.17) is 14.9 Å². The topological polar surface area (TPSA) is 119 Å². The van der Waals surface area contributed by atoms with E-state index in [-0.39, 0.29) is 12.3 Å². The van der Waals surface area contributed by atoms with E-state index in [1.807, 2.05) is 0 Å². The van der Waals surface area contributed by atoms with Crippen LogP contribution >= 0.6 is 7.60 Å². The minimum absolute atomic E-state index is 0.0858. The van der Waals surface area contributed by atoms with Gasteiger partial charge in [-0.25, -0.2) is 0 Å². The van der Waals surface area contributed by atoms with Crippen molar-refractivity contribution in [1.82, 2.24) is 5.32 Å². The summed E-state index contributed by atoms with van der Waals surface area (Å²) in [5, 5.41) is 13.8. The lowest BCUT2D eigenvalue weighted by Crippen LogP contribution is -2.28. The number of phenolic OH excluding ortho intramolecular Hbond substituents is 1. The van der Waals surface area contributed by atoms with Gasteiger partial charge in [-0.05, 0) is 24.3 Å². The standard InChI is InChI=1S/C9H13N2O5P/c12-8-3-1-7(2-4-8)11-9(13)5-10-6-17(14,15)16/h1-4,10,12H,5-6H2,(H,11,13)(H2,14,15,16). The van der Waals surface area contributed by atoms with Crippen molar-refractivity contribution in [3.63, 3.8) is 0 Å². The molecule has 0 atom stereocenters. The normalized spacial score (nSPS) is 11.2. The van der Waals surface area contributed by atoms with E-state index in [0.29, 0.717) is 5.69 Å². The van der Waals surface area contributed by atoms with Crippen molar-refractivity contribution >= 4 is 19.2 Å². The van der Waals surface area contributed by atoms with Gasteiger partial charge in [0.2, 0.25) is 5.91 Å². The molecule has 0 spiro atoms. The Labute approximate surface area is 97.6 Å². The molecule has 1 aromatic rings. The highest BCUT2D eigenvalue weighted by Gasteiger charge is 2.12. The summed E-state index contributed by atoms with van der Waals surface area (Å²) in [7, 11) is -4.14. The summed E-state index contributed by atoms with van der Waals surface area (Å²) >= 11 is 0. The van der Waals surface area contributed by atoms with Crippen molar-refractivity contribution in [2.75, 3.05) is 18.1 Å². The van der Waals surface area contributed by atoms with Gasteiger partial charge in [-0.15, -0.1) is 0 Å². The van der Waals surface area contributed by atoms with Gasteiger partial charge in [0.1, 0.15) is 5.75 Å². The van der Waals surface area contributed by atoms with E-state index in [1.165, 1.54) is 24.3 Å². The first kappa shape index (κ1) is 13.7. The number of anilines is 1. The molecule has 0 radical (unpaired) electrons. The monoisotopic (exact) mass is 260 g/mol. The predicted molar refractivity (Wildman–Crippen MR) is 61.7 cm³/mol. The lowest BCUT2D eigenvalue weighted by Gasteiger charge is -2.07. The molecule has 0 heterocycles. The van der Waals surface area contributed by atoms with Crippen LogP contribution in [-0.4, -0.2) is 33.6 Å². The van der Waals surface area contributed by atoms with Crippen molar-refractivity contribution in [3.05, 3.63) is 24.3 Å². The summed E-state index contributed by atoms with van der Waals surface area (Å²) in [6, 6.07) is 5.85. The second-order valence-electron chi connectivity index (χ2n) is 3.34. The van der Waals surface area contributed by atoms with Crippen molar-refractivity contribution in [2.24, 2.45) is 0 Å². The number of carbonyl (C=O) groups excluding carboxylic acids is 1. The first-order valence-electron chi connectivity index (χ1n) is 4.71. The minimum Gasteiger partial charge on any atom is -0.508 e.